The van der Waals surface area contributed by atoms with Gasteiger partial charge in [-0.05, 0) is 102 Å². The molecule has 0 bridgehead atoms. The van der Waals surface area contributed by atoms with Gasteiger partial charge in [0.2, 0.25) is 0 Å². The van der Waals surface area contributed by atoms with Crippen molar-refractivity contribution < 1.29 is 0 Å². The third-order valence-corrected chi connectivity index (χ3v) is 5.76. The Kier molecular flexibility index (Phi) is 11.6. The summed E-state index contributed by atoms with van der Waals surface area (Å²) < 4.78 is 0. The Labute approximate surface area is 215 Å². The third kappa shape index (κ3) is 6.98. The molecule has 0 saturated carbocycles. The van der Waals surface area contributed by atoms with Gasteiger partial charge in [0.1, 0.15) is 0 Å². The van der Waals surface area contributed by atoms with Crippen LogP contribution in [0, 0.1) is 6.92 Å². The zero-order valence-corrected chi connectivity index (χ0v) is 22.1. The van der Waals surface area contributed by atoms with Crippen molar-refractivity contribution in [3.8, 4) is 0 Å². The summed E-state index contributed by atoms with van der Waals surface area (Å²) in [4.78, 5) is 2.07. The van der Waals surface area contributed by atoms with E-state index in [1.165, 1.54) is 33.4 Å². The molecule has 3 heteroatoms. The Morgan fingerprint density at radius 1 is 1.09 bits per heavy atom. The number of aryl methyl sites for hydroxylation is 1. The molecule has 2 aromatic carbocycles. The van der Waals surface area contributed by atoms with E-state index in [1.54, 1.807) is 0 Å². The summed E-state index contributed by atoms with van der Waals surface area (Å²) in [7, 11) is 0. The highest BCUT2D eigenvalue weighted by Gasteiger charge is 2.09. The van der Waals surface area contributed by atoms with Gasteiger partial charge in [-0.2, -0.15) is 0 Å². The van der Waals surface area contributed by atoms with E-state index < -0.39 is 0 Å². The second kappa shape index (κ2) is 13.6. The van der Waals surface area contributed by atoms with E-state index in [4.69, 9.17) is 0 Å². The second-order valence-corrected chi connectivity index (χ2v) is 7.96. The molecule has 0 saturated heterocycles. The van der Waals surface area contributed by atoms with Crippen molar-refractivity contribution in [3.63, 3.8) is 0 Å². The maximum atomic E-state index is 4.26. The number of halogens is 1. The van der Waals surface area contributed by atoms with Gasteiger partial charge in [0, 0.05) is 29.5 Å². The molecular formula is C31H39BrN2. The first kappa shape index (κ1) is 29.0. The maximum Gasteiger partial charge on any atom is 0.0406 e. The van der Waals surface area contributed by atoms with Gasteiger partial charge >= 0.3 is 0 Å². The van der Waals surface area contributed by atoms with Crippen LogP contribution in [0.25, 0.3) is 17.3 Å². The molecule has 0 radical (unpaired) electrons. The zero-order valence-electron chi connectivity index (χ0n) is 20.5. The average Bonchev–Trinajstić information content (AvgIpc) is 2.83. The molecule has 0 unspecified atom stereocenters. The topological polar surface area (TPSA) is 15.3 Å². The van der Waals surface area contributed by atoms with Crippen LogP contribution in [0.3, 0.4) is 0 Å². The van der Waals surface area contributed by atoms with Crippen molar-refractivity contribution in [2.24, 2.45) is 0 Å². The molecule has 0 amide bonds. The van der Waals surface area contributed by atoms with Crippen molar-refractivity contribution in [2.45, 2.75) is 41.5 Å². The molecule has 0 fully saturated rings. The average molecular weight is 520 g/mol. The highest BCUT2D eigenvalue weighted by molar-refractivity contribution is 9.08. The molecule has 180 valence electrons. The number of anilines is 1. The van der Waals surface area contributed by atoms with Gasteiger partial charge in [0.05, 0.1) is 0 Å². The van der Waals surface area contributed by atoms with Gasteiger partial charge in [-0.15, -0.1) is 0 Å². The smallest absolute Gasteiger partial charge is 0.0406 e. The van der Waals surface area contributed by atoms with Crippen molar-refractivity contribution in [1.82, 2.24) is 4.90 Å². The minimum absolute atomic E-state index is 0. The van der Waals surface area contributed by atoms with E-state index in [0.29, 0.717) is 0 Å². The van der Waals surface area contributed by atoms with Crippen molar-refractivity contribution in [1.29, 1.82) is 0 Å². The number of benzene rings is 2. The van der Waals surface area contributed by atoms with E-state index in [2.05, 4.69) is 122 Å². The number of rotatable bonds is 7. The number of nitrogens with zero attached hydrogens (tertiary/aromatic N) is 1. The van der Waals surface area contributed by atoms with E-state index in [1.807, 2.05) is 24.2 Å². The Bertz CT molecular complexity index is 1110. The number of hydrogen-bond donors (Lipinski definition) is 1. The number of alkyl halides is 1. The van der Waals surface area contributed by atoms with Crippen molar-refractivity contribution in [2.75, 3.05) is 11.1 Å². The molecule has 34 heavy (non-hydrogen) atoms. The summed E-state index contributed by atoms with van der Waals surface area (Å²) in [6.07, 6.45) is 11.2. The lowest BCUT2D eigenvalue weighted by Gasteiger charge is -2.23. The molecule has 0 atom stereocenters. The van der Waals surface area contributed by atoms with Crippen LogP contribution in [0.1, 0.15) is 56.0 Å². The molecule has 0 aromatic heterocycles. The minimum Gasteiger partial charge on any atom is -0.356 e. The highest BCUT2D eigenvalue weighted by Crippen LogP contribution is 2.26. The Morgan fingerprint density at radius 3 is 2.32 bits per heavy atom. The van der Waals surface area contributed by atoms with Gasteiger partial charge in [-0.1, -0.05) is 74.3 Å². The molecule has 3 rings (SSSR count). The van der Waals surface area contributed by atoms with Crippen LogP contribution in [0.15, 0.2) is 92.0 Å². The van der Waals surface area contributed by atoms with E-state index >= 15 is 0 Å². The Hall–Kier alpha value is -3.04. The van der Waals surface area contributed by atoms with Crippen LogP contribution in [0.4, 0.5) is 5.69 Å². The number of allylic oxidation sites excluding steroid dienone is 4. The minimum atomic E-state index is 0. The standard InChI is InChI=1S/C29H32N2.CH3Br.CH4/c1-8-25-18-27(17-21(4)29(25)9-2)23(6)30-28-14-12-26(13-15-28)22(5)19-31-16-10-11-20(3)24(31)7;1-2;/h8,10-19,30H,1,6-7,9H2,2-5H3;1H3;1H4/b22-19+;;. The summed E-state index contributed by atoms with van der Waals surface area (Å²) >= 11 is 2.94. The predicted molar refractivity (Wildman–Crippen MR) is 159 cm³/mol. The molecule has 2 aromatic rings. The van der Waals surface area contributed by atoms with Gasteiger partial charge in [-0.25, -0.2) is 0 Å². The van der Waals surface area contributed by atoms with E-state index in [0.717, 1.165) is 29.1 Å². The van der Waals surface area contributed by atoms with E-state index in [-0.39, 0.29) is 7.43 Å². The lowest BCUT2D eigenvalue weighted by molar-refractivity contribution is 0.637. The highest BCUT2D eigenvalue weighted by atomic mass is 79.9. The summed E-state index contributed by atoms with van der Waals surface area (Å²) in [5, 5.41) is 3.44. The normalized spacial score (nSPS) is 12.8. The lowest BCUT2D eigenvalue weighted by Crippen LogP contribution is -2.12. The summed E-state index contributed by atoms with van der Waals surface area (Å²) in [6.45, 7) is 20.9. The van der Waals surface area contributed by atoms with Crippen LogP contribution in [-0.4, -0.2) is 10.7 Å². The van der Waals surface area contributed by atoms with Gasteiger partial charge in [0.15, 0.2) is 0 Å². The van der Waals surface area contributed by atoms with Crippen LogP contribution in [0.5, 0.6) is 0 Å². The largest absolute Gasteiger partial charge is 0.356 e. The molecule has 0 aliphatic carbocycles. The second-order valence-electron chi connectivity index (χ2n) is 7.96. The van der Waals surface area contributed by atoms with Crippen LogP contribution < -0.4 is 5.32 Å². The molecule has 1 N–H and O–H groups in total. The van der Waals surface area contributed by atoms with Crippen LogP contribution in [-0.2, 0) is 6.42 Å². The van der Waals surface area contributed by atoms with Crippen LogP contribution >= 0.6 is 15.9 Å². The predicted octanol–water partition coefficient (Wildman–Crippen LogP) is 9.58. The van der Waals surface area contributed by atoms with Gasteiger partial charge in [-0.3, -0.25) is 0 Å². The monoisotopic (exact) mass is 518 g/mol. The fraction of sp³-hybridized carbons (Fsp3) is 0.226. The van der Waals surface area contributed by atoms with Crippen molar-refractivity contribution >= 4 is 39.0 Å². The summed E-state index contributed by atoms with van der Waals surface area (Å²) in [6, 6.07) is 12.8. The number of hydrogen-bond acceptors (Lipinski definition) is 2. The summed E-state index contributed by atoms with van der Waals surface area (Å²) in [5.41, 5.74) is 11.3. The Morgan fingerprint density at radius 2 is 1.74 bits per heavy atom. The first-order valence-corrected chi connectivity index (χ1v) is 12.6. The maximum absolute atomic E-state index is 4.26. The number of nitrogens with one attached hydrogen (secondary N) is 1. The molecule has 1 heterocycles. The SMILES string of the molecule is C.C=Cc1cc(C(=C)Nc2ccc(/C(C)=C/N3C=CC=C(C)C3=C)cc2)cc(C)c1CC.CBr. The fourth-order valence-electron chi connectivity index (χ4n) is 3.82. The molecule has 1 aliphatic rings. The molecule has 1 aliphatic heterocycles. The third-order valence-electron chi connectivity index (χ3n) is 5.76. The van der Waals surface area contributed by atoms with E-state index in [9.17, 15) is 0 Å². The van der Waals surface area contributed by atoms with Crippen molar-refractivity contribution in [3.05, 3.63) is 120 Å². The van der Waals surface area contributed by atoms with Gasteiger partial charge in [0.25, 0.3) is 0 Å². The Balaban J connectivity index is 0.00000188. The molecule has 2 nitrogen and oxygen atoms in total. The molecule has 0 spiro atoms. The molecular weight excluding hydrogens is 480 g/mol. The fourth-order valence-corrected chi connectivity index (χ4v) is 3.82. The zero-order chi connectivity index (χ0) is 24.5. The van der Waals surface area contributed by atoms with Gasteiger partial charge < -0.3 is 10.2 Å². The first-order valence-electron chi connectivity index (χ1n) is 11.1. The lowest BCUT2D eigenvalue weighted by atomic mass is 9.95. The van der Waals surface area contributed by atoms with Crippen LogP contribution in [0.2, 0.25) is 0 Å². The quantitative estimate of drug-likeness (QED) is 0.367. The summed E-state index contributed by atoms with van der Waals surface area (Å²) in [5.74, 6) is 1.81. The first-order chi connectivity index (χ1) is 15.8.